The number of imidazole rings is 1. The van der Waals surface area contributed by atoms with E-state index < -0.39 is 11.7 Å². The molecule has 2 N–H and O–H groups in total. The highest BCUT2D eigenvalue weighted by Crippen LogP contribution is 2.37. The number of rotatable bonds is 3. The molecule has 0 saturated carbocycles. The lowest BCUT2D eigenvalue weighted by atomic mass is 10.1. The number of phenolic OH excluding ortho intramolecular Hbond substituents is 1. The summed E-state index contributed by atoms with van der Waals surface area (Å²) in [6.07, 6.45) is 7.28. The van der Waals surface area contributed by atoms with Gasteiger partial charge in [-0.05, 0) is 19.8 Å². The molecule has 1 aliphatic rings. The lowest BCUT2D eigenvalue weighted by molar-refractivity contribution is 0.102. The van der Waals surface area contributed by atoms with Gasteiger partial charge in [0, 0.05) is 56.2 Å². The van der Waals surface area contributed by atoms with E-state index in [0.29, 0.717) is 11.2 Å². The normalized spacial score (nSPS) is 14.2. The zero-order valence-corrected chi connectivity index (χ0v) is 16.7. The van der Waals surface area contributed by atoms with Gasteiger partial charge in [-0.15, -0.1) is 0 Å². The summed E-state index contributed by atoms with van der Waals surface area (Å²) in [6.45, 7) is 3.57. The third-order valence-corrected chi connectivity index (χ3v) is 5.43. The number of carbonyl (C=O) groups excluding carboxylic acids is 1. The van der Waals surface area contributed by atoms with E-state index in [4.69, 9.17) is 0 Å². The van der Waals surface area contributed by atoms with Crippen LogP contribution in [0.5, 0.6) is 5.75 Å². The Morgan fingerprint density at radius 1 is 1.20 bits per heavy atom. The van der Waals surface area contributed by atoms with Gasteiger partial charge in [-0.25, -0.2) is 9.37 Å². The zero-order chi connectivity index (χ0) is 21.0. The van der Waals surface area contributed by atoms with E-state index in [2.05, 4.69) is 20.3 Å². The van der Waals surface area contributed by atoms with Crippen LogP contribution in [-0.2, 0) is 7.05 Å². The number of pyridine rings is 1. The second kappa shape index (κ2) is 6.72. The number of amides is 1. The summed E-state index contributed by atoms with van der Waals surface area (Å²) in [7, 11) is 1.77. The van der Waals surface area contributed by atoms with Crippen molar-refractivity contribution in [2.24, 2.45) is 7.05 Å². The van der Waals surface area contributed by atoms with Gasteiger partial charge in [0.1, 0.15) is 16.8 Å². The van der Waals surface area contributed by atoms with Crippen LogP contribution in [0.3, 0.4) is 0 Å². The molecule has 0 bridgehead atoms. The average Bonchev–Trinajstić information content (AvgIpc) is 3.40. The number of nitrogens with zero attached hydrogens (tertiary/aromatic N) is 5. The molecule has 9 heteroatoms. The van der Waals surface area contributed by atoms with Crippen LogP contribution >= 0.6 is 0 Å². The number of fused-ring (bicyclic) bond motifs is 2. The zero-order valence-electron chi connectivity index (χ0n) is 16.7. The maximum Gasteiger partial charge on any atom is 0.261 e. The molecule has 4 aromatic rings. The lowest BCUT2D eigenvalue weighted by Gasteiger charge is -2.20. The van der Waals surface area contributed by atoms with Crippen molar-refractivity contribution in [3.05, 3.63) is 47.8 Å². The fraction of sp³-hybridized carbons (Fsp3) is 0.286. The van der Waals surface area contributed by atoms with Gasteiger partial charge < -0.3 is 19.7 Å². The summed E-state index contributed by atoms with van der Waals surface area (Å²) in [5.74, 6) is -1.25. The summed E-state index contributed by atoms with van der Waals surface area (Å²) in [5, 5.41) is 18.6. The molecule has 1 saturated heterocycles. The molecule has 1 amide bonds. The Labute approximate surface area is 171 Å². The summed E-state index contributed by atoms with van der Waals surface area (Å²) in [5.41, 5.74) is 2.46. The molecule has 30 heavy (non-hydrogen) atoms. The molecule has 4 heterocycles. The van der Waals surface area contributed by atoms with Gasteiger partial charge in [-0.2, -0.15) is 5.10 Å². The smallest absolute Gasteiger partial charge is 0.261 e. The van der Waals surface area contributed by atoms with Crippen LogP contribution in [0.15, 0.2) is 30.7 Å². The minimum Gasteiger partial charge on any atom is -0.507 e. The SMILES string of the molecule is Cc1cn2cc(NC(=O)c3c(O)cc(N4CCCC4)c4cn(C)nc34)cc(F)c2n1. The van der Waals surface area contributed by atoms with Crippen LogP contribution in [0.2, 0.25) is 0 Å². The first-order chi connectivity index (χ1) is 14.4. The van der Waals surface area contributed by atoms with Crippen LogP contribution in [0, 0.1) is 12.7 Å². The van der Waals surface area contributed by atoms with Gasteiger partial charge in [-0.3, -0.25) is 9.48 Å². The first kappa shape index (κ1) is 18.4. The van der Waals surface area contributed by atoms with Crippen molar-refractivity contribution in [3.8, 4) is 5.75 Å². The monoisotopic (exact) mass is 408 g/mol. The quantitative estimate of drug-likeness (QED) is 0.544. The van der Waals surface area contributed by atoms with Crippen LogP contribution in [-0.4, -0.2) is 43.3 Å². The molecular weight excluding hydrogens is 387 g/mol. The van der Waals surface area contributed by atoms with Crippen molar-refractivity contribution in [3.63, 3.8) is 0 Å². The molecule has 0 atom stereocenters. The summed E-state index contributed by atoms with van der Waals surface area (Å²) < 4.78 is 17.5. The van der Waals surface area contributed by atoms with Crippen LogP contribution in [0.25, 0.3) is 16.6 Å². The molecule has 0 aliphatic carbocycles. The number of phenols is 1. The van der Waals surface area contributed by atoms with E-state index in [0.717, 1.165) is 37.0 Å². The molecule has 8 nitrogen and oxygen atoms in total. The fourth-order valence-corrected chi connectivity index (χ4v) is 4.15. The predicted molar refractivity (Wildman–Crippen MR) is 112 cm³/mol. The number of aromatic nitrogens is 4. The Morgan fingerprint density at radius 2 is 1.97 bits per heavy atom. The van der Waals surface area contributed by atoms with Crippen molar-refractivity contribution in [2.45, 2.75) is 19.8 Å². The largest absolute Gasteiger partial charge is 0.507 e. The summed E-state index contributed by atoms with van der Waals surface area (Å²) in [6, 6.07) is 2.83. The van der Waals surface area contributed by atoms with E-state index in [-0.39, 0.29) is 22.6 Å². The number of nitrogens with one attached hydrogen (secondary N) is 1. The van der Waals surface area contributed by atoms with E-state index in [1.807, 2.05) is 6.20 Å². The van der Waals surface area contributed by atoms with Crippen LogP contribution < -0.4 is 10.2 Å². The van der Waals surface area contributed by atoms with Gasteiger partial charge in [-0.1, -0.05) is 0 Å². The first-order valence-corrected chi connectivity index (χ1v) is 9.81. The molecule has 154 valence electrons. The highest BCUT2D eigenvalue weighted by atomic mass is 19.1. The molecule has 5 rings (SSSR count). The van der Waals surface area contributed by atoms with Gasteiger partial charge in [0.05, 0.1) is 17.1 Å². The molecule has 1 aromatic carbocycles. The Bertz CT molecular complexity index is 1300. The predicted octanol–water partition coefficient (Wildman–Crippen LogP) is 3.23. The third kappa shape index (κ3) is 2.94. The lowest BCUT2D eigenvalue weighted by Crippen LogP contribution is -2.19. The topological polar surface area (TPSA) is 87.7 Å². The van der Waals surface area contributed by atoms with E-state index >= 15 is 0 Å². The molecule has 3 aromatic heterocycles. The van der Waals surface area contributed by atoms with Crippen molar-refractivity contribution in [1.29, 1.82) is 0 Å². The number of aryl methyl sites for hydroxylation is 2. The number of anilines is 2. The molecule has 0 radical (unpaired) electrons. The van der Waals surface area contributed by atoms with Gasteiger partial charge >= 0.3 is 0 Å². The maximum atomic E-state index is 14.4. The van der Waals surface area contributed by atoms with E-state index in [9.17, 15) is 14.3 Å². The fourth-order valence-electron chi connectivity index (χ4n) is 4.15. The van der Waals surface area contributed by atoms with Crippen molar-refractivity contribution in [2.75, 3.05) is 23.3 Å². The van der Waals surface area contributed by atoms with Crippen LogP contribution in [0.4, 0.5) is 15.8 Å². The maximum absolute atomic E-state index is 14.4. The number of aromatic hydroxyl groups is 1. The van der Waals surface area contributed by atoms with Gasteiger partial charge in [0.15, 0.2) is 11.5 Å². The Balaban J connectivity index is 1.57. The Hall–Kier alpha value is -3.62. The molecule has 1 fully saturated rings. The van der Waals surface area contributed by atoms with Gasteiger partial charge in [0.2, 0.25) is 0 Å². The number of hydrogen-bond acceptors (Lipinski definition) is 5. The average molecular weight is 408 g/mol. The summed E-state index contributed by atoms with van der Waals surface area (Å²) in [4.78, 5) is 19.4. The third-order valence-electron chi connectivity index (χ3n) is 5.43. The molecule has 1 aliphatic heterocycles. The number of hydrogen-bond donors (Lipinski definition) is 2. The van der Waals surface area contributed by atoms with Crippen molar-refractivity contribution >= 4 is 33.8 Å². The highest BCUT2D eigenvalue weighted by molar-refractivity contribution is 6.16. The van der Waals surface area contributed by atoms with E-state index in [1.54, 1.807) is 37.1 Å². The highest BCUT2D eigenvalue weighted by Gasteiger charge is 2.25. The van der Waals surface area contributed by atoms with Crippen molar-refractivity contribution in [1.82, 2.24) is 19.2 Å². The second-order valence-electron chi connectivity index (χ2n) is 7.69. The standard InChI is InChI=1S/C21H21FN6O2/c1-12-9-28-10-13(7-15(22)20(28)23-12)24-21(30)18-17(29)8-16(27-5-3-4-6-27)14-11-26(2)25-19(14)18/h7-11,29H,3-6H2,1-2H3,(H,24,30). The first-order valence-electron chi connectivity index (χ1n) is 9.81. The minimum absolute atomic E-state index is 0.0656. The molecule has 0 spiro atoms. The van der Waals surface area contributed by atoms with E-state index in [1.165, 1.54) is 10.5 Å². The number of halogens is 1. The van der Waals surface area contributed by atoms with Crippen molar-refractivity contribution < 1.29 is 14.3 Å². The molecular formula is C21H21FN6O2. The van der Waals surface area contributed by atoms with Crippen LogP contribution in [0.1, 0.15) is 28.9 Å². The Morgan fingerprint density at radius 3 is 2.73 bits per heavy atom. The molecule has 0 unspecified atom stereocenters. The number of benzene rings is 1. The number of carbonyl (C=O) groups is 1. The minimum atomic E-state index is -0.556. The Kier molecular flexibility index (Phi) is 4.12. The van der Waals surface area contributed by atoms with Gasteiger partial charge in [0.25, 0.3) is 5.91 Å². The second-order valence-corrected chi connectivity index (χ2v) is 7.69. The summed E-state index contributed by atoms with van der Waals surface area (Å²) >= 11 is 0.